The Hall–Kier alpha value is -2.88. The first kappa shape index (κ1) is 23.8. The van der Waals surface area contributed by atoms with E-state index in [1.807, 2.05) is 18.5 Å². The number of aliphatic hydroxyl groups excluding tert-OH is 1. The van der Waals surface area contributed by atoms with Gasteiger partial charge >= 0.3 is 0 Å². The van der Waals surface area contributed by atoms with Gasteiger partial charge in [-0.25, -0.2) is 0 Å². The summed E-state index contributed by atoms with van der Waals surface area (Å²) in [6.07, 6.45) is 5.10. The molecule has 0 amide bonds. The molecule has 0 atom stereocenters. The van der Waals surface area contributed by atoms with Gasteiger partial charge < -0.3 is 5.11 Å². The molecule has 2 heterocycles. The molecule has 32 heavy (non-hydrogen) atoms. The summed E-state index contributed by atoms with van der Waals surface area (Å²) in [7, 11) is 0. The van der Waals surface area contributed by atoms with E-state index in [0.717, 1.165) is 22.2 Å². The van der Waals surface area contributed by atoms with Gasteiger partial charge in [0.1, 0.15) is 0 Å². The van der Waals surface area contributed by atoms with Gasteiger partial charge in [-0.05, 0) is 38.1 Å². The summed E-state index contributed by atoms with van der Waals surface area (Å²) in [5.74, 6) is -0.0625. The van der Waals surface area contributed by atoms with E-state index in [4.69, 9.17) is 10.1 Å². The number of carbonyl (C=O) groups excluding carboxylic acids is 1. The predicted octanol–water partition coefficient (Wildman–Crippen LogP) is 6.23. The van der Waals surface area contributed by atoms with Gasteiger partial charge in [-0.3, -0.25) is 14.8 Å². The number of fused-ring (bicyclic) bond motifs is 3. The molecular weight excluding hydrogens is 577 g/mol. The van der Waals surface area contributed by atoms with Crippen LogP contribution in [0.2, 0.25) is 0 Å². The maximum atomic E-state index is 10.0. The van der Waals surface area contributed by atoms with Crippen molar-refractivity contribution in [1.29, 1.82) is 0 Å². The minimum absolute atomic E-state index is 0. The van der Waals surface area contributed by atoms with Gasteiger partial charge in [0.15, 0.2) is 5.78 Å². The second-order valence-electron chi connectivity index (χ2n) is 8.55. The van der Waals surface area contributed by atoms with Crippen LogP contribution in [-0.4, -0.2) is 20.9 Å². The fraction of sp³-hybridized carbons (Fsp3) is 0.222. The molecule has 1 aliphatic rings. The first-order chi connectivity index (χ1) is 14.7. The van der Waals surface area contributed by atoms with Crippen molar-refractivity contribution >= 4 is 27.5 Å². The van der Waals surface area contributed by atoms with E-state index in [2.05, 4.69) is 62.2 Å². The number of aromatic nitrogens is 2. The van der Waals surface area contributed by atoms with Crippen LogP contribution in [-0.2, 0) is 30.3 Å². The molecule has 0 spiro atoms. The minimum Gasteiger partial charge on any atom is -0.512 e. The molecular formula is C27H25IrN2O2-. The number of aryl methyl sites for hydroxylation is 1. The Bertz CT molecular complexity index is 1360. The molecule has 5 rings (SSSR count). The number of hydrogen-bond acceptors (Lipinski definition) is 4. The largest absolute Gasteiger partial charge is 0.512 e. The van der Waals surface area contributed by atoms with Crippen molar-refractivity contribution in [2.24, 2.45) is 0 Å². The van der Waals surface area contributed by atoms with E-state index < -0.39 is 0 Å². The number of rotatable bonds is 1. The smallest absolute Gasteiger partial charge is 0.155 e. The van der Waals surface area contributed by atoms with Crippen molar-refractivity contribution in [3.8, 4) is 11.3 Å². The van der Waals surface area contributed by atoms with Crippen LogP contribution in [0.3, 0.4) is 0 Å². The van der Waals surface area contributed by atoms with Crippen molar-refractivity contribution in [2.75, 3.05) is 0 Å². The third-order valence-corrected chi connectivity index (χ3v) is 5.79. The van der Waals surface area contributed by atoms with E-state index in [-0.39, 0.29) is 37.1 Å². The fourth-order valence-corrected chi connectivity index (χ4v) is 4.28. The number of aliphatic hydroxyl groups is 1. The van der Waals surface area contributed by atoms with Gasteiger partial charge in [0.2, 0.25) is 0 Å². The second kappa shape index (κ2) is 8.93. The van der Waals surface area contributed by atoms with Crippen LogP contribution in [0.25, 0.3) is 32.9 Å². The molecule has 4 nitrogen and oxygen atoms in total. The molecule has 4 aromatic rings. The molecule has 0 bridgehead atoms. The molecule has 0 saturated carbocycles. The first-order valence-electron chi connectivity index (χ1n) is 10.3. The van der Waals surface area contributed by atoms with Crippen LogP contribution in [0, 0.1) is 13.0 Å². The van der Waals surface area contributed by atoms with E-state index in [1.165, 1.54) is 47.4 Å². The normalized spacial score (nSPS) is 13.6. The molecule has 0 aliphatic heterocycles. The van der Waals surface area contributed by atoms with E-state index in [9.17, 15) is 4.79 Å². The molecule has 5 heteroatoms. The van der Waals surface area contributed by atoms with Crippen LogP contribution in [0.4, 0.5) is 0 Å². The topological polar surface area (TPSA) is 63.1 Å². The number of pyridine rings is 2. The Balaban J connectivity index is 0.000000318. The summed E-state index contributed by atoms with van der Waals surface area (Å²) in [6.45, 7) is 9.53. The molecule has 165 valence electrons. The third-order valence-electron chi connectivity index (χ3n) is 5.79. The van der Waals surface area contributed by atoms with Crippen LogP contribution in [0.15, 0.2) is 60.6 Å². The van der Waals surface area contributed by atoms with Crippen molar-refractivity contribution in [3.05, 3.63) is 83.4 Å². The van der Waals surface area contributed by atoms with Crippen molar-refractivity contribution in [1.82, 2.24) is 9.97 Å². The summed E-state index contributed by atoms with van der Waals surface area (Å²) in [5.41, 5.74) is 6.85. The quantitative estimate of drug-likeness (QED) is 0.160. The van der Waals surface area contributed by atoms with Gasteiger partial charge in [0, 0.05) is 49.4 Å². The van der Waals surface area contributed by atoms with Gasteiger partial charge in [-0.15, -0.1) is 23.8 Å². The zero-order valence-corrected chi connectivity index (χ0v) is 21.2. The number of benzene rings is 2. The number of ketones is 1. The molecule has 0 saturated heterocycles. The van der Waals surface area contributed by atoms with Crippen LogP contribution >= 0.6 is 0 Å². The Morgan fingerprint density at radius 1 is 1.12 bits per heavy atom. The molecule has 0 fully saturated rings. The fourth-order valence-electron chi connectivity index (χ4n) is 4.28. The average molecular weight is 602 g/mol. The van der Waals surface area contributed by atoms with Crippen molar-refractivity contribution in [3.63, 3.8) is 0 Å². The van der Waals surface area contributed by atoms with Crippen LogP contribution in [0.1, 0.15) is 44.4 Å². The van der Waals surface area contributed by atoms with Gasteiger partial charge in [0.05, 0.1) is 11.3 Å². The molecule has 0 unspecified atom stereocenters. The molecule has 2 aromatic heterocycles. The average Bonchev–Trinajstić information content (AvgIpc) is 2.71. The van der Waals surface area contributed by atoms with E-state index >= 15 is 0 Å². The second-order valence-corrected chi connectivity index (χ2v) is 8.55. The predicted molar refractivity (Wildman–Crippen MR) is 125 cm³/mol. The van der Waals surface area contributed by atoms with Crippen LogP contribution < -0.4 is 0 Å². The monoisotopic (exact) mass is 602 g/mol. The molecule has 1 radical (unpaired) electrons. The van der Waals surface area contributed by atoms with Crippen molar-refractivity contribution < 1.29 is 30.0 Å². The Labute approximate surface area is 201 Å². The van der Waals surface area contributed by atoms with Gasteiger partial charge in [0.25, 0.3) is 0 Å². The van der Waals surface area contributed by atoms with E-state index in [1.54, 1.807) is 0 Å². The SMILES string of the molecule is CC(=O)/C=C(/C)O.Cc1cccc2nc3c(cc12)C(C)(C)c1cncc2cc[c-]c-3c12.[Ir]. The first-order valence-corrected chi connectivity index (χ1v) is 10.3. The number of carbonyl (C=O) groups is 1. The van der Waals surface area contributed by atoms with Crippen molar-refractivity contribution in [2.45, 2.75) is 40.0 Å². The Morgan fingerprint density at radius 2 is 1.88 bits per heavy atom. The molecule has 1 aliphatic carbocycles. The maximum absolute atomic E-state index is 10.0. The molecule has 1 N–H and O–H groups in total. The number of allylic oxidation sites excluding steroid dienone is 2. The van der Waals surface area contributed by atoms with Crippen LogP contribution in [0.5, 0.6) is 0 Å². The zero-order chi connectivity index (χ0) is 22.3. The van der Waals surface area contributed by atoms with E-state index in [0.29, 0.717) is 0 Å². The Kier molecular flexibility index (Phi) is 6.64. The van der Waals surface area contributed by atoms with Gasteiger partial charge in [-0.2, -0.15) is 0 Å². The summed E-state index contributed by atoms with van der Waals surface area (Å²) < 4.78 is 0. The summed E-state index contributed by atoms with van der Waals surface area (Å²) >= 11 is 0. The molecule has 2 aromatic carbocycles. The summed E-state index contributed by atoms with van der Waals surface area (Å²) in [4.78, 5) is 19.5. The standard InChI is InChI=1S/C22H17N2.C5H8O2.Ir/c1-13-6-4-9-19-16(13)10-17-21(24-19)15-8-5-7-14-11-23-12-18(20(14)15)22(17,2)3;1-4(6)3-5(2)7;/h4-7,9-12H,1-3H3;3,6H,1-2H3;/q-1;;/b;4-3-;. The number of nitrogens with zero attached hydrogens (tertiary/aromatic N) is 2. The summed E-state index contributed by atoms with van der Waals surface area (Å²) in [6, 6.07) is 16.1. The number of hydrogen-bond donors (Lipinski definition) is 1. The zero-order valence-electron chi connectivity index (χ0n) is 18.8. The third kappa shape index (κ3) is 4.11. The maximum Gasteiger partial charge on any atom is 0.155 e. The Morgan fingerprint density at radius 3 is 2.53 bits per heavy atom. The van der Waals surface area contributed by atoms with Gasteiger partial charge in [-0.1, -0.05) is 53.9 Å². The minimum atomic E-state index is -0.131. The summed E-state index contributed by atoms with van der Waals surface area (Å²) in [5, 5.41) is 12.0.